The molecule has 0 aliphatic heterocycles. The second-order valence-electron chi connectivity index (χ2n) is 6.45. The number of hydrogen-bond donors (Lipinski definition) is 4. The fourth-order valence-electron chi connectivity index (χ4n) is 3.24. The summed E-state index contributed by atoms with van der Waals surface area (Å²) in [6, 6.07) is 0. The van der Waals surface area contributed by atoms with Gasteiger partial charge >= 0.3 is 5.97 Å². The molecule has 1 atom stereocenters. The zero-order valence-corrected chi connectivity index (χ0v) is 17.3. The lowest BCUT2D eigenvalue weighted by Gasteiger charge is -2.51. The minimum Gasteiger partial charge on any atom is -0.457 e. The van der Waals surface area contributed by atoms with Gasteiger partial charge in [-0.15, -0.1) is 0 Å². The maximum atomic E-state index is 11.8. The van der Waals surface area contributed by atoms with Crippen molar-refractivity contribution in [2.24, 2.45) is 0 Å². The van der Waals surface area contributed by atoms with E-state index in [-0.39, 0.29) is 5.97 Å². The normalized spacial score (nSPS) is 28.8. The molecule has 0 aromatic rings. The van der Waals surface area contributed by atoms with Gasteiger partial charge in [0.25, 0.3) is 0 Å². The first-order valence-electron chi connectivity index (χ1n) is 8.27. The summed E-state index contributed by atoms with van der Waals surface area (Å²) in [5.41, 5.74) is -0.734. The van der Waals surface area contributed by atoms with Crippen molar-refractivity contribution < 1.29 is 9.53 Å². The Balaban J connectivity index is 3.22. The Morgan fingerprint density at radius 1 is 1.00 bits per heavy atom. The highest BCUT2D eigenvalue weighted by Crippen LogP contribution is 2.56. The van der Waals surface area contributed by atoms with E-state index in [0.717, 1.165) is 51.4 Å². The van der Waals surface area contributed by atoms with E-state index in [2.05, 4.69) is 6.92 Å². The summed E-state index contributed by atoms with van der Waals surface area (Å²) in [5, 5.41) is 0. The first-order valence-corrected chi connectivity index (χ1v) is 10.1. The van der Waals surface area contributed by atoms with E-state index in [1.807, 2.05) is 0 Å². The van der Waals surface area contributed by atoms with Crippen LogP contribution in [0.4, 0.5) is 0 Å². The number of ether oxygens (including phenoxy) is 1. The van der Waals surface area contributed by atoms with Gasteiger partial charge in [-0.05, 0) is 32.1 Å². The van der Waals surface area contributed by atoms with E-state index in [0.29, 0.717) is 0 Å². The second-order valence-corrected chi connectivity index (χ2v) is 10.0. The van der Waals surface area contributed by atoms with Crippen molar-refractivity contribution >= 4 is 56.5 Å². The quantitative estimate of drug-likeness (QED) is 0.300. The van der Waals surface area contributed by atoms with Gasteiger partial charge < -0.3 is 4.74 Å². The Morgan fingerprint density at radius 3 is 2.09 bits per heavy atom. The molecule has 0 spiro atoms. The Hall–Kier alpha value is 0.870. The van der Waals surface area contributed by atoms with Crippen LogP contribution in [0, 0.1) is 0 Å². The Kier molecular flexibility index (Phi) is 8.38. The van der Waals surface area contributed by atoms with Crippen molar-refractivity contribution in [2.45, 2.75) is 91.8 Å². The van der Waals surface area contributed by atoms with E-state index in [9.17, 15) is 4.79 Å². The van der Waals surface area contributed by atoms with Crippen molar-refractivity contribution in [2.75, 3.05) is 0 Å². The summed E-state index contributed by atoms with van der Waals surface area (Å²) in [5.74, 6) is -0.280. The van der Waals surface area contributed by atoms with Crippen LogP contribution >= 0.6 is 50.5 Å². The van der Waals surface area contributed by atoms with Gasteiger partial charge in [-0.3, -0.25) is 4.79 Å². The Labute approximate surface area is 157 Å². The number of carbonyl (C=O) groups excluding carboxylic acids is 1. The van der Waals surface area contributed by atoms with Crippen LogP contribution in [0.5, 0.6) is 0 Å². The number of unbranched alkanes of at least 4 members (excludes halogenated alkanes) is 1. The van der Waals surface area contributed by atoms with Crippen LogP contribution in [0.1, 0.15) is 78.1 Å². The van der Waals surface area contributed by atoms with Gasteiger partial charge in [-0.1, -0.05) is 39.0 Å². The molecular weight excluding hydrogens is 352 g/mol. The molecule has 0 heterocycles. The third-order valence-corrected chi connectivity index (χ3v) is 7.97. The monoisotopic (exact) mass is 382 g/mol. The molecule has 0 bridgehead atoms. The maximum Gasteiger partial charge on any atom is 0.303 e. The molecule has 1 unspecified atom stereocenters. The molecule has 22 heavy (non-hydrogen) atoms. The van der Waals surface area contributed by atoms with E-state index in [4.69, 9.17) is 55.3 Å². The van der Waals surface area contributed by atoms with E-state index in [1.54, 1.807) is 0 Å². The molecule has 130 valence electrons. The molecule has 0 N–H and O–H groups in total. The molecular formula is C16H30O2S4. The Bertz CT molecular complexity index is 371. The van der Waals surface area contributed by atoms with Gasteiger partial charge in [0.05, 0.1) is 4.08 Å². The first kappa shape index (κ1) is 20.9. The zero-order valence-electron chi connectivity index (χ0n) is 13.7. The molecule has 0 aromatic carbocycles. The first-order chi connectivity index (χ1) is 10.2. The van der Waals surface area contributed by atoms with Crippen LogP contribution in [0.3, 0.4) is 0 Å². The summed E-state index contributed by atoms with van der Waals surface area (Å²) in [6.45, 7) is 3.60. The average Bonchev–Trinajstić information content (AvgIpc) is 2.41. The molecule has 0 aromatic heterocycles. The summed E-state index contributed by atoms with van der Waals surface area (Å²) >= 11 is 19.3. The molecule has 6 heteroatoms. The molecule has 0 saturated heterocycles. The molecule has 2 nitrogen and oxygen atoms in total. The molecule has 1 fully saturated rings. The topological polar surface area (TPSA) is 26.3 Å². The highest BCUT2D eigenvalue weighted by atomic mass is 32.2. The van der Waals surface area contributed by atoms with Crippen LogP contribution in [0.25, 0.3) is 0 Å². The van der Waals surface area contributed by atoms with Gasteiger partial charge in [-0.2, -0.15) is 50.5 Å². The van der Waals surface area contributed by atoms with Crippen molar-refractivity contribution in [3.05, 3.63) is 0 Å². The largest absolute Gasteiger partial charge is 0.457 e. The number of rotatable bonds is 4. The van der Waals surface area contributed by atoms with Crippen LogP contribution < -0.4 is 0 Å². The van der Waals surface area contributed by atoms with Crippen molar-refractivity contribution in [1.82, 2.24) is 0 Å². The predicted octanol–water partition coefficient (Wildman–Crippen LogP) is 5.33. The maximum absolute atomic E-state index is 11.8. The molecule has 0 amide bonds. The summed E-state index contributed by atoms with van der Waals surface area (Å²) in [7, 11) is 0. The molecule has 1 rings (SSSR count). The van der Waals surface area contributed by atoms with Crippen molar-refractivity contribution in [3.63, 3.8) is 0 Å². The van der Waals surface area contributed by atoms with Crippen molar-refractivity contribution in [3.8, 4) is 0 Å². The number of thiol groups is 4. The van der Waals surface area contributed by atoms with E-state index < -0.39 is 13.8 Å². The van der Waals surface area contributed by atoms with Gasteiger partial charge in [0.1, 0.15) is 9.68 Å². The molecule has 1 aliphatic carbocycles. The lowest BCUT2D eigenvalue weighted by atomic mass is 9.82. The fourth-order valence-corrected chi connectivity index (χ4v) is 4.72. The minimum absolute atomic E-state index is 0.280. The van der Waals surface area contributed by atoms with E-state index >= 15 is 0 Å². The number of esters is 1. The lowest BCUT2D eigenvalue weighted by molar-refractivity contribution is -0.160. The molecule has 1 aliphatic rings. The average molecular weight is 383 g/mol. The van der Waals surface area contributed by atoms with E-state index in [1.165, 1.54) is 19.8 Å². The molecule has 0 radical (unpaired) electrons. The van der Waals surface area contributed by atoms with Crippen LogP contribution in [-0.2, 0) is 9.53 Å². The molecule has 1 saturated carbocycles. The summed E-state index contributed by atoms with van der Waals surface area (Å²) in [6.07, 6.45) is 9.89. The third kappa shape index (κ3) is 4.93. The SMILES string of the molecule is CCCCC1(OC(C)=O)CCCCCCCC(S)(S)C1(S)S. The Morgan fingerprint density at radius 2 is 1.55 bits per heavy atom. The third-order valence-electron chi connectivity index (χ3n) is 4.57. The number of carbonyl (C=O) groups is 1. The van der Waals surface area contributed by atoms with Crippen LogP contribution in [0.15, 0.2) is 0 Å². The van der Waals surface area contributed by atoms with Gasteiger partial charge in [0, 0.05) is 6.92 Å². The smallest absolute Gasteiger partial charge is 0.303 e. The fraction of sp³-hybridized carbons (Fsp3) is 0.938. The highest BCUT2D eigenvalue weighted by Gasteiger charge is 2.58. The van der Waals surface area contributed by atoms with Crippen LogP contribution in [-0.4, -0.2) is 19.7 Å². The van der Waals surface area contributed by atoms with Gasteiger partial charge in [0.2, 0.25) is 0 Å². The second kappa shape index (κ2) is 8.82. The summed E-state index contributed by atoms with van der Waals surface area (Å²) in [4.78, 5) is 11.8. The van der Waals surface area contributed by atoms with Crippen molar-refractivity contribution in [1.29, 1.82) is 0 Å². The standard InChI is InChI=1S/C16H30O2S4/c1-3-4-10-14(18-13(2)17)11-8-6-5-7-9-12-15(19,20)16(14,21)22/h19-22H,3-12H2,1-2H3. The highest BCUT2D eigenvalue weighted by molar-refractivity contribution is 8.08. The van der Waals surface area contributed by atoms with Gasteiger partial charge in [0.15, 0.2) is 0 Å². The van der Waals surface area contributed by atoms with Gasteiger partial charge in [-0.25, -0.2) is 0 Å². The predicted molar refractivity (Wildman–Crippen MR) is 108 cm³/mol. The zero-order chi connectivity index (χ0) is 16.9. The minimum atomic E-state index is -0.898. The lowest BCUT2D eigenvalue weighted by Crippen LogP contribution is -2.58. The summed E-state index contributed by atoms with van der Waals surface area (Å²) < 4.78 is 4.27. The van der Waals surface area contributed by atoms with Crippen LogP contribution in [0.2, 0.25) is 0 Å². The number of hydrogen-bond acceptors (Lipinski definition) is 6.